The van der Waals surface area contributed by atoms with Crippen molar-refractivity contribution in [3.63, 3.8) is 0 Å². The summed E-state index contributed by atoms with van der Waals surface area (Å²) in [7, 11) is 1.62. The Kier molecular flexibility index (Phi) is 3.77. The lowest BCUT2D eigenvalue weighted by Crippen LogP contribution is -2.14. The van der Waals surface area contributed by atoms with Crippen LogP contribution in [0.1, 0.15) is 5.56 Å². The lowest BCUT2D eigenvalue weighted by Gasteiger charge is -2.17. The van der Waals surface area contributed by atoms with E-state index in [0.717, 1.165) is 6.33 Å². The Bertz CT molecular complexity index is 696. The predicted molar refractivity (Wildman–Crippen MR) is 72.9 cm³/mol. The zero-order valence-electron chi connectivity index (χ0n) is 10.3. The van der Waals surface area contributed by atoms with Crippen LogP contribution in [0.5, 0.6) is 0 Å². The molecule has 2 aromatic rings. The number of hydrogen-bond acceptors (Lipinski definition) is 6. The number of nitrogens with zero attached hydrogens (tertiary/aromatic N) is 5. The normalized spacial score (nSPS) is 9.85. The smallest absolute Gasteiger partial charge is 0.324 e. The summed E-state index contributed by atoms with van der Waals surface area (Å²) in [5.74, 6) is 0.0831. The first-order chi connectivity index (χ1) is 9.54. The molecule has 0 saturated heterocycles. The number of halogens is 1. The first-order valence-corrected chi connectivity index (χ1v) is 5.81. The van der Waals surface area contributed by atoms with E-state index in [1.165, 1.54) is 4.90 Å². The fourth-order valence-electron chi connectivity index (χ4n) is 1.63. The van der Waals surface area contributed by atoms with E-state index in [1.807, 2.05) is 6.07 Å². The molecule has 8 heteroatoms. The number of benzene rings is 1. The summed E-state index contributed by atoms with van der Waals surface area (Å²) in [4.78, 5) is 19.4. The van der Waals surface area contributed by atoms with Gasteiger partial charge in [0, 0.05) is 12.7 Å². The third-order valence-corrected chi connectivity index (χ3v) is 2.92. The Morgan fingerprint density at radius 2 is 2.00 bits per heavy atom. The number of aromatic nitrogens is 2. The zero-order valence-corrected chi connectivity index (χ0v) is 11.1. The fraction of sp³-hybridized carbons (Fsp3) is 0.0833. The van der Waals surface area contributed by atoms with Crippen LogP contribution in [0.4, 0.5) is 17.2 Å². The summed E-state index contributed by atoms with van der Waals surface area (Å²) in [5, 5.41) is 19.6. The third kappa shape index (κ3) is 2.50. The van der Waals surface area contributed by atoms with Gasteiger partial charge in [-0.05, 0) is 24.3 Å². The molecule has 0 fully saturated rings. The maximum Gasteiger partial charge on any atom is 0.348 e. The lowest BCUT2D eigenvalue weighted by molar-refractivity contribution is -0.384. The van der Waals surface area contributed by atoms with Gasteiger partial charge in [-0.15, -0.1) is 0 Å². The molecule has 7 nitrogen and oxygen atoms in total. The molecule has 0 atom stereocenters. The molecule has 0 aliphatic heterocycles. The summed E-state index contributed by atoms with van der Waals surface area (Å²) in [6.07, 6.45) is 1.16. The van der Waals surface area contributed by atoms with Gasteiger partial charge in [-0.2, -0.15) is 5.26 Å². The van der Waals surface area contributed by atoms with Crippen molar-refractivity contribution in [3.8, 4) is 6.07 Å². The molecular weight excluding hydrogens is 282 g/mol. The highest BCUT2D eigenvalue weighted by Gasteiger charge is 2.24. The van der Waals surface area contributed by atoms with Crippen LogP contribution in [0, 0.1) is 21.4 Å². The molecule has 20 heavy (non-hydrogen) atoms. The second kappa shape index (κ2) is 5.50. The van der Waals surface area contributed by atoms with Crippen LogP contribution in [0.25, 0.3) is 0 Å². The van der Waals surface area contributed by atoms with Crippen LogP contribution < -0.4 is 4.90 Å². The van der Waals surface area contributed by atoms with Crippen molar-refractivity contribution in [2.45, 2.75) is 0 Å². The van der Waals surface area contributed by atoms with Crippen LogP contribution in [0.2, 0.25) is 5.15 Å². The molecule has 0 spiro atoms. The van der Waals surface area contributed by atoms with Crippen LogP contribution in [-0.4, -0.2) is 21.9 Å². The van der Waals surface area contributed by atoms with Crippen molar-refractivity contribution in [1.82, 2.24) is 9.97 Å². The van der Waals surface area contributed by atoms with E-state index in [1.54, 1.807) is 31.3 Å². The number of nitriles is 1. The Labute approximate surface area is 119 Å². The summed E-state index contributed by atoms with van der Waals surface area (Å²) in [6, 6.07) is 8.55. The highest BCUT2D eigenvalue weighted by Crippen LogP contribution is 2.34. The second-order valence-corrected chi connectivity index (χ2v) is 4.17. The molecule has 0 bridgehead atoms. The molecule has 1 aromatic carbocycles. The third-order valence-electron chi connectivity index (χ3n) is 2.64. The average molecular weight is 290 g/mol. The number of anilines is 2. The standard InChI is InChI=1S/C12H8ClN5O2/c1-17(9-4-2-8(6-14)3-5-9)12-10(18(19)20)11(13)15-7-16-12/h2-5,7H,1H3. The minimum Gasteiger partial charge on any atom is -0.324 e. The summed E-state index contributed by atoms with van der Waals surface area (Å²) >= 11 is 5.74. The van der Waals surface area contributed by atoms with Crippen molar-refractivity contribution in [2.24, 2.45) is 0 Å². The molecule has 100 valence electrons. The van der Waals surface area contributed by atoms with Crippen molar-refractivity contribution >= 4 is 28.8 Å². The van der Waals surface area contributed by atoms with E-state index in [-0.39, 0.29) is 16.7 Å². The van der Waals surface area contributed by atoms with Gasteiger partial charge in [-0.3, -0.25) is 10.1 Å². The van der Waals surface area contributed by atoms with Gasteiger partial charge in [-0.1, -0.05) is 11.6 Å². The molecule has 1 heterocycles. The lowest BCUT2D eigenvalue weighted by atomic mass is 10.2. The van der Waals surface area contributed by atoms with Gasteiger partial charge in [-0.25, -0.2) is 9.97 Å². The zero-order chi connectivity index (χ0) is 14.7. The van der Waals surface area contributed by atoms with E-state index in [9.17, 15) is 10.1 Å². The maximum atomic E-state index is 11.1. The monoisotopic (exact) mass is 289 g/mol. The van der Waals surface area contributed by atoms with E-state index in [2.05, 4.69) is 9.97 Å². The summed E-state index contributed by atoms with van der Waals surface area (Å²) in [6.45, 7) is 0. The van der Waals surface area contributed by atoms with E-state index in [4.69, 9.17) is 16.9 Å². The van der Waals surface area contributed by atoms with Crippen LogP contribution in [-0.2, 0) is 0 Å². The molecule has 1 aromatic heterocycles. The molecule has 0 unspecified atom stereocenters. The topological polar surface area (TPSA) is 96.0 Å². The van der Waals surface area contributed by atoms with Gasteiger partial charge in [0.05, 0.1) is 16.6 Å². The Morgan fingerprint density at radius 3 is 2.55 bits per heavy atom. The van der Waals surface area contributed by atoms with Crippen molar-refractivity contribution in [1.29, 1.82) is 5.26 Å². The van der Waals surface area contributed by atoms with Crippen LogP contribution in [0.15, 0.2) is 30.6 Å². The largest absolute Gasteiger partial charge is 0.348 e. The second-order valence-electron chi connectivity index (χ2n) is 3.81. The highest BCUT2D eigenvalue weighted by atomic mass is 35.5. The predicted octanol–water partition coefficient (Wildman–Crippen LogP) is 2.68. The highest BCUT2D eigenvalue weighted by molar-refractivity contribution is 6.31. The maximum absolute atomic E-state index is 11.1. The minimum absolute atomic E-state index is 0.0831. The van der Waals surface area contributed by atoms with Crippen LogP contribution >= 0.6 is 11.6 Å². The van der Waals surface area contributed by atoms with Gasteiger partial charge >= 0.3 is 5.69 Å². The molecule has 0 saturated carbocycles. The quantitative estimate of drug-likeness (QED) is 0.489. The molecule has 0 radical (unpaired) electrons. The van der Waals surface area contributed by atoms with Gasteiger partial charge < -0.3 is 4.90 Å². The molecule has 2 rings (SSSR count). The van der Waals surface area contributed by atoms with Crippen LogP contribution in [0.3, 0.4) is 0 Å². The molecule has 0 aliphatic rings. The fourth-order valence-corrected chi connectivity index (χ4v) is 1.83. The van der Waals surface area contributed by atoms with Crippen molar-refractivity contribution < 1.29 is 4.92 Å². The molecule has 0 amide bonds. The first kappa shape index (κ1) is 13.7. The van der Waals surface area contributed by atoms with Crippen molar-refractivity contribution in [2.75, 3.05) is 11.9 Å². The summed E-state index contributed by atoms with van der Waals surface area (Å²) in [5.41, 5.74) is 0.778. The van der Waals surface area contributed by atoms with E-state index >= 15 is 0 Å². The molecular formula is C12H8ClN5O2. The Balaban J connectivity index is 2.48. The van der Waals surface area contributed by atoms with Gasteiger partial charge in [0.2, 0.25) is 11.0 Å². The van der Waals surface area contributed by atoms with Crippen molar-refractivity contribution in [3.05, 3.63) is 51.4 Å². The van der Waals surface area contributed by atoms with E-state index in [0.29, 0.717) is 11.3 Å². The number of nitro groups is 1. The SMILES string of the molecule is CN(c1ccc(C#N)cc1)c1ncnc(Cl)c1[N+](=O)[O-]. The molecule has 0 N–H and O–H groups in total. The van der Waals surface area contributed by atoms with Gasteiger partial charge in [0.15, 0.2) is 0 Å². The number of hydrogen-bond donors (Lipinski definition) is 0. The first-order valence-electron chi connectivity index (χ1n) is 5.43. The van der Waals surface area contributed by atoms with E-state index < -0.39 is 4.92 Å². The van der Waals surface area contributed by atoms with Gasteiger partial charge in [0.25, 0.3) is 0 Å². The minimum atomic E-state index is -0.627. The average Bonchev–Trinajstić information content (AvgIpc) is 2.46. The number of rotatable bonds is 3. The van der Waals surface area contributed by atoms with Gasteiger partial charge in [0.1, 0.15) is 6.33 Å². The summed E-state index contributed by atoms with van der Waals surface area (Å²) < 4.78 is 0. The Hall–Kier alpha value is -2.72. The Morgan fingerprint density at radius 1 is 1.35 bits per heavy atom. The molecule has 0 aliphatic carbocycles.